The van der Waals surface area contributed by atoms with E-state index in [-0.39, 0.29) is 6.04 Å². The van der Waals surface area contributed by atoms with Gasteiger partial charge in [-0.25, -0.2) is 4.98 Å². The van der Waals surface area contributed by atoms with Crippen molar-refractivity contribution < 1.29 is 0 Å². The van der Waals surface area contributed by atoms with Gasteiger partial charge in [0.05, 0.1) is 17.1 Å². The van der Waals surface area contributed by atoms with E-state index in [0.29, 0.717) is 18.0 Å². The van der Waals surface area contributed by atoms with E-state index in [1.54, 1.807) is 6.07 Å². The number of fused-ring (bicyclic) bond motifs is 1. The third-order valence-electron chi connectivity index (χ3n) is 3.23. The first-order valence-corrected chi connectivity index (χ1v) is 6.90. The van der Waals surface area contributed by atoms with Crippen molar-refractivity contribution in [3.05, 3.63) is 35.9 Å². The fourth-order valence-corrected chi connectivity index (χ4v) is 2.33. The van der Waals surface area contributed by atoms with E-state index in [9.17, 15) is 5.26 Å². The molecule has 0 aliphatic heterocycles. The molecule has 0 saturated heterocycles. The molecule has 0 saturated carbocycles. The number of nitrogens with zero attached hydrogens (tertiary/aromatic N) is 2. The lowest BCUT2D eigenvalue weighted by molar-refractivity contribution is 0.521. The first-order valence-electron chi connectivity index (χ1n) is 6.90. The summed E-state index contributed by atoms with van der Waals surface area (Å²) >= 11 is 0. The van der Waals surface area contributed by atoms with Gasteiger partial charge in [-0.2, -0.15) is 5.26 Å². The minimum Gasteiger partial charge on any atom is -0.366 e. The highest BCUT2D eigenvalue weighted by Crippen LogP contribution is 2.21. The highest BCUT2D eigenvalue weighted by molar-refractivity contribution is 5.86. The number of nitriles is 1. The summed E-state index contributed by atoms with van der Waals surface area (Å²) in [6, 6.07) is 11.9. The van der Waals surface area contributed by atoms with E-state index >= 15 is 0 Å². The zero-order chi connectivity index (χ0) is 14.5. The summed E-state index contributed by atoms with van der Waals surface area (Å²) in [6.07, 6.45) is 0.979. The van der Waals surface area contributed by atoms with Crippen LogP contribution in [0.2, 0.25) is 0 Å². The Morgan fingerprint density at radius 1 is 1.35 bits per heavy atom. The molecule has 4 nitrogen and oxygen atoms in total. The molecule has 0 bridgehead atoms. The SMILES string of the molecule is CC(C)CC(CN)Nc1cc(C#N)c2ccccc2n1. The Bertz CT molecular complexity index is 628. The second-order valence-electron chi connectivity index (χ2n) is 5.39. The standard InChI is InChI=1S/C16H20N4/c1-11(2)7-13(10-18)19-16-8-12(9-17)14-5-3-4-6-15(14)20-16/h3-6,8,11,13H,7,10,18H2,1-2H3,(H,19,20). The van der Waals surface area contributed by atoms with E-state index in [1.807, 2.05) is 24.3 Å². The molecule has 1 heterocycles. The van der Waals surface area contributed by atoms with E-state index in [4.69, 9.17) is 5.73 Å². The molecular weight excluding hydrogens is 248 g/mol. The fourth-order valence-electron chi connectivity index (χ4n) is 2.33. The van der Waals surface area contributed by atoms with Crippen molar-refractivity contribution in [2.75, 3.05) is 11.9 Å². The number of benzene rings is 1. The molecule has 4 heteroatoms. The van der Waals surface area contributed by atoms with Gasteiger partial charge in [-0.15, -0.1) is 0 Å². The van der Waals surface area contributed by atoms with Crippen molar-refractivity contribution in [2.24, 2.45) is 11.7 Å². The summed E-state index contributed by atoms with van der Waals surface area (Å²) in [4.78, 5) is 4.56. The van der Waals surface area contributed by atoms with Gasteiger partial charge in [-0.3, -0.25) is 0 Å². The summed E-state index contributed by atoms with van der Waals surface area (Å²) < 4.78 is 0. The zero-order valence-corrected chi connectivity index (χ0v) is 11.9. The molecular formula is C16H20N4. The average Bonchev–Trinajstić information content (AvgIpc) is 2.45. The van der Waals surface area contributed by atoms with Gasteiger partial charge in [0.25, 0.3) is 0 Å². The highest BCUT2D eigenvalue weighted by atomic mass is 15.0. The van der Waals surface area contributed by atoms with E-state index in [1.165, 1.54) is 0 Å². The molecule has 0 spiro atoms. The first-order chi connectivity index (χ1) is 9.63. The predicted octanol–water partition coefficient (Wildman–Crippen LogP) is 2.89. The monoisotopic (exact) mass is 268 g/mol. The average molecular weight is 268 g/mol. The van der Waals surface area contributed by atoms with Gasteiger partial charge in [-0.1, -0.05) is 32.0 Å². The Morgan fingerprint density at radius 3 is 2.75 bits per heavy atom. The molecule has 104 valence electrons. The smallest absolute Gasteiger partial charge is 0.128 e. The zero-order valence-electron chi connectivity index (χ0n) is 11.9. The van der Waals surface area contributed by atoms with Gasteiger partial charge in [0.15, 0.2) is 0 Å². The molecule has 0 aliphatic carbocycles. The van der Waals surface area contributed by atoms with Crippen LogP contribution in [0.4, 0.5) is 5.82 Å². The van der Waals surface area contributed by atoms with Crippen LogP contribution in [0.1, 0.15) is 25.8 Å². The van der Waals surface area contributed by atoms with Gasteiger partial charge in [0, 0.05) is 18.0 Å². The summed E-state index contributed by atoms with van der Waals surface area (Å²) in [5, 5.41) is 13.5. The number of rotatable bonds is 5. The molecule has 1 atom stereocenters. The summed E-state index contributed by atoms with van der Waals surface area (Å²) in [5.74, 6) is 1.28. The number of anilines is 1. The first kappa shape index (κ1) is 14.3. The van der Waals surface area contributed by atoms with E-state index in [0.717, 1.165) is 23.1 Å². The lowest BCUT2D eigenvalue weighted by Gasteiger charge is -2.19. The van der Waals surface area contributed by atoms with Gasteiger partial charge in [0.1, 0.15) is 5.82 Å². The summed E-state index contributed by atoms with van der Waals surface area (Å²) in [6.45, 7) is 4.88. The molecule has 3 N–H and O–H groups in total. The Kier molecular flexibility index (Phi) is 4.54. The van der Waals surface area contributed by atoms with Crippen molar-refractivity contribution in [2.45, 2.75) is 26.3 Å². The van der Waals surface area contributed by atoms with Crippen molar-refractivity contribution in [1.82, 2.24) is 4.98 Å². The van der Waals surface area contributed by atoms with Crippen molar-refractivity contribution in [1.29, 1.82) is 5.26 Å². The largest absolute Gasteiger partial charge is 0.366 e. The number of nitrogens with two attached hydrogens (primary N) is 1. The lowest BCUT2D eigenvalue weighted by atomic mass is 10.0. The predicted molar refractivity (Wildman–Crippen MR) is 82.4 cm³/mol. The van der Waals surface area contributed by atoms with Crippen molar-refractivity contribution >= 4 is 16.7 Å². The van der Waals surface area contributed by atoms with Crippen LogP contribution in [0.25, 0.3) is 10.9 Å². The number of para-hydroxylation sites is 1. The molecule has 0 amide bonds. The van der Waals surface area contributed by atoms with Crippen molar-refractivity contribution in [3.63, 3.8) is 0 Å². The van der Waals surface area contributed by atoms with Gasteiger partial charge >= 0.3 is 0 Å². The van der Waals surface area contributed by atoms with Crippen LogP contribution in [0, 0.1) is 17.2 Å². The molecule has 2 aromatic rings. The van der Waals surface area contributed by atoms with Gasteiger partial charge in [-0.05, 0) is 24.5 Å². The number of nitrogens with one attached hydrogen (secondary N) is 1. The van der Waals surface area contributed by atoms with Crippen LogP contribution in [-0.4, -0.2) is 17.6 Å². The summed E-state index contributed by atoms with van der Waals surface area (Å²) in [7, 11) is 0. The normalized spacial score (nSPS) is 12.3. The van der Waals surface area contributed by atoms with Gasteiger partial charge < -0.3 is 11.1 Å². The number of pyridine rings is 1. The maximum atomic E-state index is 9.27. The van der Waals surface area contributed by atoms with Crippen LogP contribution < -0.4 is 11.1 Å². The molecule has 0 radical (unpaired) electrons. The summed E-state index contributed by atoms with van der Waals surface area (Å²) in [5.41, 5.74) is 7.26. The molecule has 1 aromatic carbocycles. The Morgan fingerprint density at radius 2 is 2.10 bits per heavy atom. The van der Waals surface area contributed by atoms with Crippen LogP contribution in [0.5, 0.6) is 0 Å². The van der Waals surface area contributed by atoms with Gasteiger partial charge in [0.2, 0.25) is 0 Å². The van der Waals surface area contributed by atoms with E-state index < -0.39 is 0 Å². The molecule has 1 aromatic heterocycles. The fraction of sp³-hybridized carbons (Fsp3) is 0.375. The quantitative estimate of drug-likeness (QED) is 0.874. The third-order valence-corrected chi connectivity index (χ3v) is 3.23. The van der Waals surface area contributed by atoms with Crippen LogP contribution in [0.15, 0.2) is 30.3 Å². The highest BCUT2D eigenvalue weighted by Gasteiger charge is 2.11. The number of hydrogen-bond donors (Lipinski definition) is 2. The maximum Gasteiger partial charge on any atom is 0.128 e. The molecule has 1 unspecified atom stereocenters. The number of hydrogen-bond acceptors (Lipinski definition) is 4. The maximum absolute atomic E-state index is 9.27. The number of aromatic nitrogens is 1. The molecule has 0 fully saturated rings. The second-order valence-corrected chi connectivity index (χ2v) is 5.39. The molecule has 0 aliphatic rings. The Balaban J connectivity index is 2.33. The van der Waals surface area contributed by atoms with Crippen LogP contribution >= 0.6 is 0 Å². The molecule has 2 rings (SSSR count). The van der Waals surface area contributed by atoms with Crippen LogP contribution in [-0.2, 0) is 0 Å². The second kappa shape index (κ2) is 6.36. The minimum atomic E-state index is 0.176. The topological polar surface area (TPSA) is 74.7 Å². The van der Waals surface area contributed by atoms with Crippen LogP contribution in [0.3, 0.4) is 0 Å². The van der Waals surface area contributed by atoms with E-state index in [2.05, 4.69) is 30.2 Å². The molecule has 20 heavy (non-hydrogen) atoms. The minimum absolute atomic E-state index is 0.176. The third kappa shape index (κ3) is 3.25. The lowest BCUT2D eigenvalue weighted by Crippen LogP contribution is -2.30. The Hall–Kier alpha value is -2.12. The van der Waals surface area contributed by atoms with Crippen molar-refractivity contribution in [3.8, 4) is 6.07 Å². The Labute approximate surface area is 119 Å².